The average molecular weight is 416 g/mol. The molecule has 1 N–H and O–H groups in total. The lowest BCUT2D eigenvalue weighted by molar-refractivity contribution is 0.0696. The fourth-order valence-electron chi connectivity index (χ4n) is 1.61. The van der Waals surface area contributed by atoms with Crippen LogP contribution in [0, 0.1) is 0 Å². The molecule has 0 aliphatic carbocycles. The van der Waals surface area contributed by atoms with Crippen LogP contribution in [-0.4, -0.2) is 24.3 Å². The Kier molecular flexibility index (Phi) is 5.64. The normalized spacial score (nSPS) is 10.2. The number of rotatable bonds is 6. The first kappa shape index (κ1) is 15.9. The summed E-state index contributed by atoms with van der Waals surface area (Å²) in [5, 5.41) is 8.95. The molecular formula is C15H12Br2O4. The van der Waals surface area contributed by atoms with Crippen molar-refractivity contribution >= 4 is 37.8 Å². The second-order valence-electron chi connectivity index (χ2n) is 4.10. The highest BCUT2D eigenvalue weighted by molar-refractivity contribution is 9.10. The topological polar surface area (TPSA) is 55.8 Å². The molecule has 110 valence electrons. The smallest absolute Gasteiger partial charge is 0.335 e. The van der Waals surface area contributed by atoms with Gasteiger partial charge in [-0.05, 0) is 52.3 Å². The standard InChI is InChI=1S/C15H12Br2O4/c16-11-2-1-3-12(9-11)20-6-7-21-14-8-10(15(18)19)4-5-13(14)17/h1-5,8-9H,6-7H2,(H,18,19). The lowest BCUT2D eigenvalue weighted by Crippen LogP contribution is -2.09. The molecule has 21 heavy (non-hydrogen) atoms. The SMILES string of the molecule is O=C(O)c1ccc(Br)c(OCCOc2cccc(Br)c2)c1. The number of hydrogen-bond acceptors (Lipinski definition) is 3. The summed E-state index contributed by atoms with van der Waals surface area (Å²) in [7, 11) is 0. The molecule has 0 unspecified atom stereocenters. The monoisotopic (exact) mass is 414 g/mol. The Hall–Kier alpha value is -1.53. The summed E-state index contributed by atoms with van der Waals surface area (Å²) in [6.45, 7) is 0.675. The maximum Gasteiger partial charge on any atom is 0.335 e. The van der Waals surface area contributed by atoms with Crippen LogP contribution in [0.25, 0.3) is 0 Å². The van der Waals surface area contributed by atoms with E-state index in [1.54, 1.807) is 6.07 Å². The fourth-order valence-corrected chi connectivity index (χ4v) is 2.35. The van der Waals surface area contributed by atoms with E-state index < -0.39 is 5.97 Å². The minimum absolute atomic E-state index is 0.182. The first-order chi connectivity index (χ1) is 10.1. The van der Waals surface area contributed by atoms with Crippen LogP contribution < -0.4 is 9.47 Å². The molecular weight excluding hydrogens is 404 g/mol. The van der Waals surface area contributed by atoms with Gasteiger partial charge in [0.1, 0.15) is 24.7 Å². The first-order valence-electron chi connectivity index (χ1n) is 6.10. The van der Waals surface area contributed by atoms with Crippen molar-refractivity contribution in [2.24, 2.45) is 0 Å². The van der Waals surface area contributed by atoms with Gasteiger partial charge >= 0.3 is 5.97 Å². The summed E-state index contributed by atoms with van der Waals surface area (Å²) in [5.41, 5.74) is 0.182. The molecule has 6 heteroatoms. The lowest BCUT2D eigenvalue weighted by Gasteiger charge is -2.10. The number of carbonyl (C=O) groups is 1. The second-order valence-corrected chi connectivity index (χ2v) is 5.87. The lowest BCUT2D eigenvalue weighted by atomic mass is 10.2. The van der Waals surface area contributed by atoms with Gasteiger partial charge in [-0.15, -0.1) is 0 Å². The molecule has 2 aromatic carbocycles. The Morgan fingerprint density at radius 3 is 2.52 bits per heavy atom. The van der Waals surface area contributed by atoms with Crippen LogP contribution in [-0.2, 0) is 0 Å². The van der Waals surface area contributed by atoms with Gasteiger partial charge in [0, 0.05) is 4.47 Å². The predicted octanol–water partition coefficient (Wildman–Crippen LogP) is 4.37. The third kappa shape index (κ3) is 4.75. The fraction of sp³-hybridized carbons (Fsp3) is 0.133. The van der Waals surface area contributed by atoms with Crippen LogP contribution in [0.3, 0.4) is 0 Å². The van der Waals surface area contributed by atoms with E-state index in [1.165, 1.54) is 12.1 Å². The van der Waals surface area contributed by atoms with Crippen molar-refractivity contribution in [2.45, 2.75) is 0 Å². The van der Waals surface area contributed by atoms with E-state index in [-0.39, 0.29) is 5.56 Å². The summed E-state index contributed by atoms with van der Waals surface area (Å²) < 4.78 is 12.7. The molecule has 0 saturated heterocycles. The number of carboxylic acids is 1. The van der Waals surface area contributed by atoms with Gasteiger partial charge in [0.15, 0.2) is 0 Å². The molecule has 0 aromatic heterocycles. The maximum absolute atomic E-state index is 10.9. The van der Waals surface area contributed by atoms with E-state index in [0.29, 0.717) is 23.4 Å². The van der Waals surface area contributed by atoms with Gasteiger partial charge in [-0.25, -0.2) is 4.79 Å². The molecule has 0 amide bonds. The molecule has 2 rings (SSSR count). The van der Waals surface area contributed by atoms with Gasteiger partial charge in [-0.2, -0.15) is 0 Å². The van der Waals surface area contributed by atoms with Crippen LogP contribution in [0.2, 0.25) is 0 Å². The van der Waals surface area contributed by atoms with Crippen molar-refractivity contribution in [2.75, 3.05) is 13.2 Å². The second kappa shape index (κ2) is 7.47. The van der Waals surface area contributed by atoms with E-state index in [2.05, 4.69) is 31.9 Å². The highest BCUT2D eigenvalue weighted by atomic mass is 79.9. The predicted molar refractivity (Wildman–Crippen MR) is 86.2 cm³/mol. The zero-order chi connectivity index (χ0) is 15.2. The summed E-state index contributed by atoms with van der Waals surface area (Å²) in [4.78, 5) is 10.9. The van der Waals surface area contributed by atoms with Gasteiger partial charge in [0.2, 0.25) is 0 Å². The molecule has 0 spiro atoms. The Bertz CT molecular complexity index is 643. The number of benzene rings is 2. The largest absolute Gasteiger partial charge is 0.490 e. The van der Waals surface area contributed by atoms with Gasteiger partial charge in [0.25, 0.3) is 0 Å². The van der Waals surface area contributed by atoms with Crippen LogP contribution >= 0.6 is 31.9 Å². The zero-order valence-electron chi connectivity index (χ0n) is 10.9. The van der Waals surface area contributed by atoms with Gasteiger partial charge in [-0.3, -0.25) is 0 Å². The Morgan fingerprint density at radius 1 is 1.05 bits per heavy atom. The molecule has 2 aromatic rings. The molecule has 0 bridgehead atoms. The van der Waals surface area contributed by atoms with Crippen molar-refractivity contribution in [3.05, 3.63) is 57.0 Å². The molecule has 0 aliphatic heterocycles. The first-order valence-corrected chi connectivity index (χ1v) is 7.69. The number of halogens is 2. The van der Waals surface area contributed by atoms with Crippen LogP contribution in [0.15, 0.2) is 51.4 Å². The highest BCUT2D eigenvalue weighted by Gasteiger charge is 2.08. The minimum Gasteiger partial charge on any atom is -0.490 e. The molecule has 0 aliphatic rings. The Balaban J connectivity index is 1.88. The van der Waals surface area contributed by atoms with Crippen molar-refractivity contribution in [3.8, 4) is 11.5 Å². The van der Waals surface area contributed by atoms with Crippen molar-refractivity contribution < 1.29 is 19.4 Å². The summed E-state index contributed by atoms with van der Waals surface area (Å²) >= 11 is 6.69. The van der Waals surface area contributed by atoms with Gasteiger partial charge in [-0.1, -0.05) is 22.0 Å². The van der Waals surface area contributed by atoms with E-state index in [9.17, 15) is 4.79 Å². The Morgan fingerprint density at radius 2 is 1.81 bits per heavy atom. The average Bonchev–Trinajstić information content (AvgIpc) is 2.45. The number of ether oxygens (including phenoxy) is 2. The molecule has 0 heterocycles. The van der Waals surface area contributed by atoms with E-state index in [0.717, 1.165) is 10.2 Å². The quantitative estimate of drug-likeness (QED) is 0.711. The number of aromatic carboxylic acids is 1. The number of carboxylic acid groups (broad SMARTS) is 1. The van der Waals surface area contributed by atoms with Crippen molar-refractivity contribution in [3.63, 3.8) is 0 Å². The van der Waals surface area contributed by atoms with Crippen LogP contribution in [0.5, 0.6) is 11.5 Å². The highest BCUT2D eigenvalue weighted by Crippen LogP contribution is 2.26. The van der Waals surface area contributed by atoms with Crippen LogP contribution in [0.1, 0.15) is 10.4 Å². The van der Waals surface area contributed by atoms with Gasteiger partial charge < -0.3 is 14.6 Å². The summed E-state index contributed by atoms with van der Waals surface area (Å²) in [6, 6.07) is 12.1. The summed E-state index contributed by atoms with van der Waals surface area (Å²) in [6.07, 6.45) is 0. The van der Waals surface area contributed by atoms with Crippen LogP contribution in [0.4, 0.5) is 0 Å². The van der Waals surface area contributed by atoms with E-state index in [1.807, 2.05) is 24.3 Å². The minimum atomic E-state index is -0.988. The van der Waals surface area contributed by atoms with E-state index >= 15 is 0 Å². The van der Waals surface area contributed by atoms with E-state index in [4.69, 9.17) is 14.6 Å². The summed E-state index contributed by atoms with van der Waals surface area (Å²) in [5.74, 6) is 0.233. The third-order valence-corrected chi connectivity index (χ3v) is 3.73. The molecule has 0 atom stereocenters. The zero-order valence-corrected chi connectivity index (χ0v) is 14.1. The molecule has 4 nitrogen and oxygen atoms in total. The van der Waals surface area contributed by atoms with Crippen molar-refractivity contribution in [1.29, 1.82) is 0 Å². The Labute approximate surface area is 139 Å². The molecule has 0 fully saturated rings. The third-order valence-electron chi connectivity index (χ3n) is 2.58. The molecule has 0 saturated carbocycles. The maximum atomic E-state index is 10.9. The number of hydrogen-bond donors (Lipinski definition) is 1. The van der Waals surface area contributed by atoms with Gasteiger partial charge in [0.05, 0.1) is 10.0 Å². The van der Waals surface area contributed by atoms with Crippen molar-refractivity contribution in [1.82, 2.24) is 0 Å². The molecule has 0 radical (unpaired) electrons.